The van der Waals surface area contributed by atoms with Crippen LogP contribution in [-0.4, -0.2) is 19.3 Å². The van der Waals surface area contributed by atoms with Crippen molar-refractivity contribution in [3.05, 3.63) is 35.9 Å². The molecule has 0 spiro atoms. The van der Waals surface area contributed by atoms with Crippen molar-refractivity contribution < 1.29 is 0 Å². The Kier molecular flexibility index (Phi) is 3.92. The maximum absolute atomic E-state index is 2.99. The van der Waals surface area contributed by atoms with E-state index in [1.165, 1.54) is 9.31 Å². The second-order valence-electron chi connectivity index (χ2n) is 2.27. The first-order valence-corrected chi connectivity index (χ1v) is 5.30. The minimum absolute atomic E-state index is 1.07. The predicted molar refractivity (Wildman–Crippen MR) is 54.2 cm³/mol. The summed E-state index contributed by atoms with van der Waals surface area (Å²) in [5.74, 6) is 1.07. The number of benzene rings is 1. The molecule has 0 amide bonds. The molecule has 0 nitrogen and oxygen atoms in total. The number of hydrogen-bond donors (Lipinski definition) is 0. The quantitative estimate of drug-likeness (QED) is 0.716. The van der Waals surface area contributed by atoms with Gasteiger partial charge in [0.15, 0.2) is 0 Å². The summed E-state index contributed by atoms with van der Waals surface area (Å²) in [4.78, 5) is 0. The van der Waals surface area contributed by atoms with Gasteiger partial charge in [-0.3, -0.25) is 0 Å². The van der Waals surface area contributed by atoms with Crippen LogP contribution in [0.4, 0.5) is 0 Å². The summed E-state index contributed by atoms with van der Waals surface area (Å²) in [5.41, 5.74) is 1.38. The molecule has 1 aromatic carbocycles. The first-order valence-electron chi connectivity index (χ1n) is 3.46. The third-order valence-corrected chi connectivity index (χ3v) is 2.91. The Labute approximate surface area is 79.7 Å². The van der Waals surface area contributed by atoms with Crippen LogP contribution in [-0.2, 0) is 5.75 Å². The fourth-order valence-electron chi connectivity index (χ4n) is 0.759. The van der Waals surface area contributed by atoms with E-state index in [1.54, 1.807) is 0 Å². The van der Waals surface area contributed by atoms with Crippen molar-refractivity contribution >= 4 is 31.1 Å². The number of thioether (sulfide) groups is 1. The molecule has 1 aromatic rings. The first kappa shape index (κ1) is 9.05. The van der Waals surface area contributed by atoms with E-state index in [9.17, 15) is 0 Å². The van der Waals surface area contributed by atoms with Crippen LogP contribution in [0.2, 0.25) is 0 Å². The molecule has 0 heterocycles. The molecule has 0 unspecified atom stereocenters. The van der Waals surface area contributed by atoms with Crippen molar-refractivity contribution in [1.29, 1.82) is 0 Å². The summed E-state index contributed by atoms with van der Waals surface area (Å²) in [6.45, 7) is 2.09. The molecule has 0 aromatic heterocycles. The Morgan fingerprint density at radius 1 is 1.36 bits per heavy atom. The fraction of sp³-hybridized carbons (Fsp3) is 0.222. The molecule has 0 N–H and O–H groups in total. The van der Waals surface area contributed by atoms with Crippen molar-refractivity contribution in [3.63, 3.8) is 0 Å². The van der Waals surface area contributed by atoms with Crippen LogP contribution in [0.3, 0.4) is 0 Å². The summed E-state index contributed by atoms with van der Waals surface area (Å²) in [5, 5.41) is 0. The molecule has 0 aliphatic carbocycles. The van der Waals surface area contributed by atoms with Crippen LogP contribution in [0.1, 0.15) is 12.5 Å². The normalized spacial score (nSPS) is 9.55. The van der Waals surface area contributed by atoms with E-state index in [2.05, 4.69) is 46.8 Å². The molecule has 0 saturated carbocycles. The van der Waals surface area contributed by atoms with Gasteiger partial charge in [-0.15, -0.1) is 0 Å². The zero-order chi connectivity index (χ0) is 8.10. The average molecular weight is 229 g/mol. The summed E-state index contributed by atoms with van der Waals surface area (Å²) < 4.78 is 1.30. The third kappa shape index (κ3) is 3.76. The van der Waals surface area contributed by atoms with Crippen molar-refractivity contribution in [2.45, 2.75) is 12.7 Å². The van der Waals surface area contributed by atoms with Gasteiger partial charge in [0.05, 0.1) is 0 Å². The van der Waals surface area contributed by atoms with Gasteiger partial charge in [-0.1, -0.05) is 0 Å². The Bertz CT molecular complexity index is 231. The molecule has 0 bridgehead atoms. The van der Waals surface area contributed by atoms with Gasteiger partial charge in [0.1, 0.15) is 0 Å². The molecule has 0 saturated heterocycles. The molecule has 2 heteroatoms. The number of hydrogen-bond acceptors (Lipinski definition) is 1. The Morgan fingerprint density at radius 3 is 2.55 bits per heavy atom. The minimum atomic E-state index is 1.07. The molecular weight excluding hydrogens is 219 g/mol. The van der Waals surface area contributed by atoms with Gasteiger partial charge in [-0.2, -0.15) is 0 Å². The molecule has 0 fully saturated rings. The standard InChI is InChI=1S/C9H10SSe/c1-8(11)10-7-9-5-3-2-4-6-9/h2-6H,7H2,1H3. The van der Waals surface area contributed by atoms with E-state index in [0.717, 1.165) is 5.75 Å². The van der Waals surface area contributed by atoms with Gasteiger partial charge in [0, 0.05) is 0 Å². The SMILES string of the molecule is CC(=[Se])SCc1ccccc1. The van der Waals surface area contributed by atoms with E-state index in [1.807, 2.05) is 17.8 Å². The van der Waals surface area contributed by atoms with Crippen molar-refractivity contribution in [2.75, 3.05) is 0 Å². The molecule has 0 radical (unpaired) electrons. The second kappa shape index (κ2) is 4.76. The zero-order valence-corrected chi connectivity index (χ0v) is 8.94. The maximum atomic E-state index is 2.99. The Morgan fingerprint density at radius 2 is 2.00 bits per heavy atom. The molecular formula is C9H10SSe. The molecule has 0 aliphatic heterocycles. The van der Waals surface area contributed by atoms with E-state index in [4.69, 9.17) is 0 Å². The van der Waals surface area contributed by atoms with Crippen LogP contribution in [0, 0.1) is 0 Å². The zero-order valence-electron chi connectivity index (χ0n) is 6.41. The molecule has 11 heavy (non-hydrogen) atoms. The Hall–Kier alpha value is -0.0405. The van der Waals surface area contributed by atoms with Crippen LogP contribution in [0.5, 0.6) is 0 Å². The molecule has 0 aliphatic rings. The van der Waals surface area contributed by atoms with E-state index in [-0.39, 0.29) is 0 Å². The van der Waals surface area contributed by atoms with Crippen molar-refractivity contribution in [3.8, 4) is 0 Å². The van der Waals surface area contributed by atoms with E-state index in [0.29, 0.717) is 0 Å². The van der Waals surface area contributed by atoms with Gasteiger partial charge in [-0.05, 0) is 0 Å². The van der Waals surface area contributed by atoms with Gasteiger partial charge >= 0.3 is 79.7 Å². The van der Waals surface area contributed by atoms with Crippen molar-refractivity contribution in [2.24, 2.45) is 0 Å². The van der Waals surface area contributed by atoms with E-state index >= 15 is 0 Å². The van der Waals surface area contributed by atoms with Crippen LogP contribution in [0.15, 0.2) is 30.3 Å². The van der Waals surface area contributed by atoms with Crippen LogP contribution < -0.4 is 0 Å². The van der Waals surface area contributed by atoms with Gasteiger partial charge < -0.3 is 0 Å². The second-order valence-corrected chi connectivity index (χ2v) is 5.32. The van der Waals surface area contributed by atoms with E-state index < -0.39 is 0 Å². The third-order valence-electron chi connectivity index (χ3n) is 1.28. The Balaban J connectivity index is 2.45. The summed E-state index contributed by atoms with van der Waals surface area (Å²) in [6, 6.07) is 10.5. The number of rotatable bonds is 3. The summed E-state index contributed by atoms with van der Waals surface area (Å²) in [7, 11) is 0. The molecule has 1 rings (SSSR count). The van der Waals surface area contributed by atoms with Crippen LogP contribution >= 0.6 is 11.8 Å². The average Bonchev–Trinajstić information content (AvgIpc) is 2.03. The monoisotopic (exact) mass is 230 g/mol. The van der Waals surface area contributed by atoms with Gasteiger partial charge in [0.25, 0.3) is 0 Å². The predicted octanol–water partition coefficient (Wildman–Crippen LogP) is 2.24. The van der Waals surface area contributed by atoms with Gasteiger partial charge in [0.2, 0.25) is 0 Å². The molecule has 0 atom stereocenters. The van der Waals surface area contributed by atoms with Crippen molar-refractivity contribution in [1.82, 2.24) is 0 Å². The topological polar surface area (TPSA) is 0 Å². The fourth-order valence-corrected chi connectivity index (χ4v) is 1.69. The first-order chi connectivity index (χ1) is 5.29. The van der Waals surface area contributed by atoms with Crippen LogP contribution in [0.25, 0.3) is 0 Å². The molecule has 58 valence electrons. The summed E-state index contributed by atoms with van der Waals surface area (Å²) >= 11 is 4.84. The van der Waals surface area contributed by atoms with Gasteiger partial charge in [-0.25, -0.2) is 0 Å². The summed E-state index contributed by atoms with van der Waals surface area (Å²) in [6.07, 6.45) is 0.